The van der Waals surface area contributed by atoms with Crippen LogP contribution in [0.15, 0.2) is 11.8 Å². The average molecular weight is 140 g/mol. The number of ketones is 1. The quantitative estimate of drug-likeness (QED) is 0.553. The molecule has 1 rings (SSSR count). The number of carbonyl (C=O) groups is 1. The van der Waals surface area contributed by atoms with Crippen LogP contribution in [0.1, 0.15) is 26.7 Å². The summed E-state index contributed by atoms with van der Waals surface area (Å²) in [5.74, 6) is 0.220. The Morgan fingerprint density at radius 2 is 2.50 bits per heavy atom. The fourth-order valence-corrected chi connectivity index (χ4v) is 0.920. The molecule has 0 aromatic heterocycles. The molecule has 1 atom stereocenters. The molecule has 0 saturated carbocycles. The molecule has 0 radical (unpaired) electrons. The maximum Gasteiger partial charge on any atom is 0.165 e. The van der Waals surface area contributed by atoms with Crippen LogP contribution in [0.3, 0.4) is 0 Å². The van der Waals surface area contributed by atoms with Gasteiger partial charge in [-0.2, -0.15) is 0 Å². The molecule has 0 amide bonds. The smallest absolute Gasteiger partial charge is 0.165 e. The van der Waals surface area contributed by atoms with Gasteiger partial charge in [-0.3, -0.25) is 4.79 Å². The molecule has 0 aliphatic carbocycles. The monoisotopic (exact) mass is 140 g/mol. The summed E-state index contributed by atoms with van der Waals surface area (Å²) in [5.41, 5.74) is 0.740. The molecular formula is C8H12O2. The van der Waals surface area contributed by atoms with Gasteiger partial charge in [-0.1, -0.05) is 6.92 Å². The first kappa shape index (κ1) is 7.32. The normalized spacial score (nSPS) is 25.6. The topological polar surface area (TPSA) is 26.3 Å². The van der Waals surface area contributed by atoms with Crippen molar-refractivity contribution in [1.82, 2.24) is 0 Å². The maximum absolute atomic E-state index is 11.0. The number of carbonyl (C=O) groups excluding carboxylic acids is 1. The Bertz CT molecular complexity index is 170. The van der Waals surface area contributed by atoms with Crippen LogP contribution in [0.4, 0.5) is 0 Å². The van der Waals surface area contributed by atoms with Crippen molar-refractivity contribution in [3.8, 4) is 0 Å². The molecule has 0 spiro atoms. The van der Waals surface area contributed by atoms with Crippen molar-refractivity contribution < 1.29 is 9.53 Å². The van der Waals surface area contributed by atoms with E-state index in [0.717, 1.165) is 12.0 Å². The van der Waals surface area contributed by atoms with Crippen molar-refractivity contribution in [3.05, 3.63) is 11.8 Å². The Kier molecular flexibility index (Phi) is 2.10. The van der Waals surface area contributed by atoms with E-state index in [0.29, 0.717) is 6.42 Å². The number of allylic oxidation sites excluding steroid dienone is 1. The SMILES string of the molecule is CC[C@H]1CC(=O)C(C)=CO1. The van der Waals surface area contributed by atoms with E-state index in [9.17, 15) is 4.79 Å². The first-order valence-corrected chi connectivity index (χ1v) is 3.59. The first-order valence-electron chi connectivity index (χ1n) is 3.59. The molecule has 0 aromatic carbocycles. The Morgan fingerprint density at radius 3 is 3.00 bits per heavy atom. The molecule has 0 aromatic rings. The van der Waals surface area contributed by atoms with E-state index in [4.69, 9.17) is 4.74 Å². The van der Waals surface area contributed by atoms with Crippen LogP contribution in [0, 0.1) is 0 Å². The van der Waals surface area contributed by atoms with Crippen molar-refractivity contribution in [2.75, 3.05) is 0 Å². The highest BCUT2D eigenvalue weighted by molar-refractivity contribution is 5.95. The average Bonchev–Trinajstić information content (AvgIpc) is 1.95. The highest BCUT2D eigenvalue weighted by atomic mass is 16.5. The van der Waals surface area contributed by atoms with Gasteiger partial charge in [0.2, 0.25) is 0 Å². The lowest BCUT2D eigenvalue weighted by molar-refractivity contribution is -0.119. The van der Waals surface area contributed by atoms with E-state index in [2.05, 4.69) is 0 Å². The van der Waals surface area contributed by atoms with Crippen molar-refractivity contribution in [3.63, 3.8) is 0 Å². The Morgan fingerprint density at radius 1 is 1.80 bits per heavy atom. The number of ether oxygens (including phenoxy) is 1. The standard InChI is InChI=1S/C8H12O2/c1-3-7-4-8(9)6(2)5-10-7/h5,7H,3-4H2,1-2H3/t7-/m0/s1. The van der Waals surface area contributed by atoms with Gasteiger partial charge in [0.1, 0.15) is 6.10 Å². The lowest BCUT2D eigenvalue weighted by Crippen LogP contribution is -2.20. The van der Waals surface area contributed by atoms with Crippen LogP contribution in [0.5, 0.6) is 0 Å². The van der Waals surface area contributed by atoms with Crippen molar-refractivity contribution >= 4 is 5.78 Å². The molecule has 2 heteroatoms. The zero-order chi connectivity index (χ0) is 7.56. The molecule has 0 bridgehead atoms. The fourth-order valence-electron chi connectivity index (χ4n) is 0.920. The molecule has 1 heterocycles. The van der Waals surface area contributed by atoms with Gasteiger partial charge < -0.3 is 4.74 Å². The van der Waals surface area contributed by atoms with Crippen LogP contribution in [-0.2, 0) is 9.53 Å². The highest BCUT2D eigenvalue weighted by Gasteiger charge is 2.18. The molecular weight excluding hydrogens is 128 g/mol. The van der Waals surface area contributed by atoms with E-state index < -0.39 is 0 Å². The second-order valence-corrected chi connectivity index (χ2v) is 2.59. The summed E-state index contributed by atoms with van der Waals surface area (Å²) in [4.78, 5) is 11.0. The predicted molar refractivity (Wildman–Crippen MR) is 38.5 cm³/mol. The van der Waals surface area contributed by atoms with Gasteiger partial charge in [0.05, 0.1) is 6.26 Å². The molecule has 1 aliphatic rings. The molecule has 0 N–H and O–H groups in total. The van der Waals surface area contributed by atoms with Gasteiger partial charge >= 0.3 is 0 Å². The summed E-state index contributed by atoms with van der Waals surface area (Å²) in [7, 11) is 0. The maximum atomic E-state index is 11.0. The number of hydrogen-bond acceptors (Lipinski definition) is 2. The number of hydrogen-bond donors (Lipinski definition) is 0. The largest absolute Gasteiger partial charge is 0.497 e. The summed E-state index contributed by atoms with van der Waals surface area (Å²) in [6.45, 7) is 3.81. The molecule has 1 aliphatic heterocycles. The zero-order valence-corrected chi connectivity index (χ0v) is 6.39. The van der Waals surface area contributed by atoms with Crippen LogP contribution < -0.4 is 0 Å². The minimum Gasteiger partial charge on any atom is -0.497 e. The number of rotatable bonds is 1. The molecule has 0 unspecified atom stereocenters. The summed E-state index contributed by atoms with van der Waals surface area (Å²) >= 11 is 0. The van der Waals surface area contributed by atoms with Gasteiger partial charge in [-0.15, -0.1) is 0 Å². The van der Waals surface area contributed by atoms with E-state index in [1.54, 1.807) is 13.2 Å². The van der Waals surface area contributed by atoms with Crippen molar-refractivity contribution in [2.45, 2.75) is 32.8 Å². The van der Waals surface area contributed by atoms with Gasteiger partial charge in [-0.05, 0) is 13.3 Å². The van der Waals surface area contributed by atoms with Gasteiger partial charge in [0.15, 0.2) is 5.78 Å². The van der Waals surface area contributed by atoms with Crippen LogP contribution in [-0.4, -0.2) is 11.9 Å². The van der Waals surface area contributed by atoms with Crippen molar-refractivity contribution in [1.29, 1.82) is 0 Å². The lowest BCUT2D eigenvalue weighted by atomic mass is 10.0. The molecule has 2 nitrogen and oxygen atoms in total. The van der Waals surface area contributed by atoms with Gasteiger partial charge in [-0.25, -0.2) is 0 Å². The first-order chi connectivity index (χ1) is 4.74. The second kappa shape index (κ2) is 2.86. The minimum absolute atomic E-state index is 0.121. The minimum atomic E-state index is 0.121. The van der Waals surface area contributed by atoms with Gasteiger partial charge in [0, 0.05) is 12.0 Å². The molecule has 56 valence electrons. The Balaban J connectivity index is 2.59. The third kappa shape index (κ3) is 1.38. The zero-order valence-electron chi connectivity index (χ0n) is 6.39. The van der Waals surface area contributed by atoms with E-state index in [1.165, 1.54) is 0 Å². The third-order valence-corrected chi connectivity index (χ3v) is 1.75. The summed E-state index contributed by atoms with van der Waals surface area (Å²) in [6, 6.07) is 0. The third-order valence-electron chi connectivity index (χ3n) is 1.75. The lowest BCUT2D eigenvalue weighted by Gasteiger charge is -2.18. The highest BCUT2D eigenvalue weighted by Crippen LogP contribution is 2.15. The van der Waals surface area contributed by atoms with Crippen LogP contribution in [0.25, 0.3) is 0 Å². The summed E-state index contributed by atoms with van der Waals surface area (Å²) in [6.07, 6.45) is 3.16. The molecule has 10 heavy (non-hydrogen) atoms. The van der Waals surface area contributed by atoms with E-state index in [-0.39, 0.29) is 11.9 Å². The van der Waals surface area contributed by atoms with Gasteiger partial charge in [0.25, 0.3) is 0 Å². The summed E-state index contributed by atoms with van der Waals surface area (Å²) < 4.78 is 5.23. The Labute approximate surface area is 60.9 Å². The fraction of sp³-hybridized carbons (Fsp3) is 0.625. The predicted octanol–water partition coefficient (Wildman–Crippen LogP) is 1.66. The van der Waals surface area contributed by atoms with Crippen molar-refractivity contribution in [2.24, 2.45) is 0 Å². The Hall–Kier alpha value is -0.790. The molecule has 0 fully saturated rings. The number of Topliss-reactive ketones (excluding diaryl/α,β-unsaturated/α-hetero) is 1. The van der Waals surface area contributed by atoms with E-state index in [1.807, 2.05) is 6.92 Å². The van der Waals surface area contributed by atoms with Crippen LogP contribution >= 0.6 is 0 Å². The van der Waals surface area contributed by atoms with E-state index >= 15 is 0 Å². The summed E-state index contributed by atoms with van der Waals surface area (Å²) in [5, 5.41) is 0. The van der Waals surface area contributed by atoms with Crippen LogP contribution in [0.2, 0.25) is 0 Å². The molecule has 0 saturated heterocycles. The second-order valence-electron chi connectivity index (χ2n) is 2.59.